The predicted molar refractivity (Wildman–Crippen MR) is 127 cm³/mol. The van der Waals surface area contributed by atoms with E-state index < -0.39 is 23.7 Å². The number of aliphatic hydroxyl groups is 1. The topological polar surface area (TPSA) is 106 Å². The Kier molecular flexibility index (Phi) is 6.21. The van der Waals surface area contributed by atoms with Crippen LogP contribution in [0.2, 0.25) is 0 Å². The summed E-state index contributed by atoms with van der Waals surface area (Å²) in [6.45, 7) is 3.53. The van der Waals surface area contributed by atoms with Crippen molar-refractivity contribution >= 4 is 39.9 Å². The Labute approximate surface area is 200 Å². The van der Waals surface area contributed by atoms with Gasteiger partial charge in [-0.2, -0.15) is 0 Å². The number of esters is 1. The van der Waals surface area contributed by atoms with Gasteiger partial charge in [0.15, 0.2) is 5.13 Å². The number of methoxy groups -OCH3 is 2. The van der Waals surface area contributed by atoms with Crippen LogP contribution in [-0.2, 0) is 14.3 Å². The number of benzene rings is 2. The van der Waals surface area contributed by atoms with Gasteiger partial charge >= 0.3 is 11.9 Å². The molecule has 174 valence electrons. The summed E-state index contributed by atoms with van der Waals surface area (Å²) in [5, 5.41) is 11.3. The molecule has 1 aliphatic rings. The molecule has 0 bridgehead atoms. The highest BCUT2D eigenvalue weighted by atomic mass is 32.1. The van der Waals surface area contributed by atoms with E-state index in [0.29, 0.717) is 22.6 Å². The number of amides is 1. The normalized spacial score (nSPS) is 17.2. The number of carbonyl (C=O) groups excluding carboxylic acids is 3. The van der Waals surface area contributed by atoms with Gasteiger partial charge in [0.1, 0.15) is 16.4 Å². The quantitative estimate of drug-likeness (QED) is 0.254. The third-order valence-corrected chi connectivity index (χ3v) is 6.70. The van der Waals surface area contributed by atoms with E-state index in [1.807, 2.05) is 6.92 Å². The second-order valence-electron chi connectivity index (χ2n) is 7.71. The summed E-state index contributed by atoms with van der Waals surface area (Å²) in [6, 6.07) is 12.9. The van der Waals surface area contributed by atoms with Crippen molar-refractivity contribution in [3.8, 4) is 5.75 Å². The fourth-order valence-electron chi connectivity index (χ4n) is 3.77. The monoisotopic (exact) mass is 478 g/mol. The molecule has 9 heteroatoms. The van der Waals surface area contributed by atoms with Gasteiger partial charge in [-0.15, -0.1) is 0 Å². The molecule has 1 aliphatic heterocycles. The summed E-state index contributed by atoms with van der Waals surface area (Å²) >= 11 is 0.951. The summed E-state index contributed by atoms with van der Waals surface area (Å²) in [7, 11) is 2.79. The van der Waals surface area contributed by atoms with E-state index in [1.165, 1.54) is 19.1 Å². The maximum atomic E-state index is 13.2. The molecule has 0 saturated carbocycles. The number of Topliss-reactive ketones (excluding diaryl/α,β-unsaturated/α-hetero) is 1. The van der Waals surface area contributed by atoms with Gasteiger partial charge in [-0.1, -0.05) is 53.3 Å². The van der Waals surface area contributed by atoms with Crippen LogP contribution in [0.4, 0.5) is 5.13 Å². The van der Waals surface area contributed by atoms with Crippen LogP contribution in [0.15, 0.2) is 54.1 Å². The number of ether oxygens (including phenoxy) is 2. The van der Waals surface area contributed by atoms with Crippen molar-refractivity contribution in [1.29, 1.82) is 0 Å². The van der Waals surface area contributed by atoms with Crippen LogP contribution >= 0.6 is 11.3 Å². The minimum atomic E-state index is -0.955. The van der Waals surface area contributed by atoms with Gasteiger partial charge in [0.25, 0.3) is 5.78 Å². The molecule has 0 aliphatic carbocycles. The van der Waals surface area contributed by atoms with Crippen LogP contribution < -0.4 is 9.64 Å². The lowest BCUT2D eigenvalue weighted by Crippen LogP contribution is -2.29. The van der Waals surface area contributed by atoms with E-state index >= 15 is 0 Å². The number of anilines is 1. The van der Waals surface area contributed by atoms with E-state index in [1.54, 1.807) is 55.5 Å². The maximum absolute atomic E-state index is 13.2. The van der Waals surface area contributed by atoms with E-state index in [4.69, 9.17) is 9.47 Å². The fraction of sp³-hybridized carbons (Fsp3) is 0.200. The van der Waals surface area contributed by atoms with Crippen molar-refractivity contribution in [2.45, 2.75) is 19.9 Å². The van der Waals surface area contributed by atoms with Gasteiger partial charge in [-0.25, -0.2) is 9.78 Å². The van der Waals surface area contributed by atoms with Crippen LogP contribution in [-0.4, -0.2) is 42.0 Å². The van der Waals surface area contributed by atoms with Gasteiger partial charge in [0.2, 0.25) is 0 Å². The van der Waals surface area contributed by atoms with Crippen molar-refractivity contribution < 1.29 is 29.0 Å². The van der Waals surface area contributed by atoms with Crippen LogP contribution in [0, 0.1) is 13.8 Å². The number of nitrogens with zero attached hydrogens (tertiary/aromatic N) is 2. The molecule has 1 atom stereocenters. The van der Waals surface area contributed by atoms with Crippen molar-refractivity contribution in [2.24, 2.45) is 0 Å². The standard InChI is InChI=1S/C25H22N2O6S/c1-13-5-7-16(8-6-13)20(28)18-19(15-9-11-17(32-3)12-10-15)27(23(30)21(18)29)25-26-14(2)22(34-25)24(31)33-4/h5-12,19,28H,1-4H3/b20-18+/t19-/m0/s1. The number of hydrogen-bond acceptors (Lipinski definition) is 8. The molecule has 1 aromatic heterocycles. The van der Waals surface area contributed by atoms with Crippen molar-refractivity contribution in [3.05, 3.63) is 81.4 Å². The summed E-state index contributed by atoms with van der Waals surface area (Å²) in [4.78, 5) is 44.4. The van der Waals surface area contributed by atoms with Gasteiger partial charge in [-0.3, -0.25) is 14.5 Å². The average molecular weight is 479 g/mol. The highest BCUT2D eigenvalue weighted by molar-refractivity contribution is 7.17. The van der Waals surface area contributed by atoms with Crippen molar-refractivity contribution in [3.63, 3.8) is 0 Å². The predicted octanol–water partition coefficient (Wildman–Crippen LogP) is 4.18. The van der Waals surface area contributed by atoms with Crippen LogP contribution in [0.1, 0.15) is 38.1 Å². The average Bonchev–Trinajstić information content (AvgIpc) is 3.35. The molecule has 3 aromatic rings. The Morgan fingerprint density at radius 2 is 1.68 bits per heavy atom. The first-order valence-corrected chi connectivity index (χ1v) is 11.2. The minimum absolute atomic E-state index is 0.0634. The first-order valence-electron chi connectivity index (χ1n) is 10.3. The highest BCUT2D eigenvalue weighted by Crippen LogP contribution is 2.44. The molecule has 1 amide bonds. The van der Waals surface area contributed by atoms with E-state index in [2.05, 4.69) is 4.98 Å². The second kappa shape index (κ2) is 9.11. The third-order valence-electron chi connectivity index (χ3n) is 5.56. The lowest BCUT2D eigenvalue weighted by Gasteiger charge is -2.23. The Balaban J connectivity index is 1.92. The number of carbonyl (C=O) groups is 3. The van der Waals surface area contributed by atoms with Gasteiger partial charge in [0.05, 0.1) is 31.5 Å². The zero-order chi connectivity index (χ0) is 24.6. The summed E-state index contributed by atoms with van der Waals surface area (Å²) in [5.74, 6) is -1.97. The summed E-state index contributed by atoms with van der Waals surface area (Å²) < 4.78 is 10.0. The molecule has 2 aromatic carbocycles. The summed E-state index contributed by atoms with van der Waals surface area (Å²) in [6.07, 6.45) is 0. The fourth-order valence-corrected chi connectivity index (χ4v) is 4.78. The number of aromatic nitrogens is 1. The molecule has 0 unspecified atom stereocenters. The lowest BCUT2D eigenvalue weighted by molar-refractivity contribution is -0.132. The SMILES string of the molecule is COC(=O)c1sc(N2C(=O)C(=O)/C(=C(/O)c3ccc(C)cc3)[C@@H]2c2ccc(OC)cc2)nc1C. The molecule has 8 nitrogen and oxygen atoms in total. The molecular formula is C25H22N2O6S. The number of thiazole rings is 1. The molecule has 0 radical (unpaired) electrons. The van der Waals surface area contributed by atoms with Gasteiger partial charge < -0.3 is 14.6 Å². The molecule has 4 rings (SSSR count). The Morgan fingerprint density at radius 3 is 2.26 bits per heavy atom. The smallest absolute Gasteiger partial charge is 0.350 e. The molecule has 2 heterocycles. The number of aryl methyl sites for hydroxylation is 2. The molecule has 1 saturated heterocycles. The Morgan fingerprint density at radius 1 is 1.03 bits per heavy atom. The first kappa shape index (κ1) is 23.2. The molecule has 34 heavy (non-hydrogen) atoms. The summed E-state index contributed by atoms with van der Waals surface area (Å²) in [5.41, 5.74) is 2.28. The Bertz CT molecular complexity index is 1310. The maximum Gasteiger partial charge on any atom is 0.350 e. The largest absolute Gasteiger partial charge is 0.507 e. The number of hydrogen-bond donors (Lipinski definition) is 1. The third kappa shape index (κ3) is 3.94. The van der Waals surface area contributed by atoms with Gasteiger partial charge in [0, 0.05) is 5.56 Å². The van der Waals surface area contributed by atoms with Crippen molar-refractivity contribution in [2.75, 3.05) is 19.1 Å². The first-order chi connectivity index (χ1) is 16.3. The second-order valence-corrected chi connectivity index (χ2v) is 8.69. The minimum Gasteiger partial charge on any atom is -0.507 e. The van der Waals surface area contributed by atoms with Crippen LogP contribution in [0.25, 0.3) is 5.76 Å². The lowest BCUT2D eigenvalue weighted by atomic mass is 9.95. The van der Waals surface area contributed by atoms with Crippen molar-refractivity contribution in [1.82, 2.24) is 4.98 Å². The highest BCUT2D eigenvalue weighted by Gasteiger charge is 2.48. The van der Waals surface area contributed by atoms with E-state index in [0.717, 1.165) is 16.9 Å². The molecular weight excluding hydrogens is 456 g/mol. The zero-order valence-electron chi connectivity index (χ0n) is 19.0. The molecule has 0 spiro atoms. The zero-order valence-corrected chi connectivity index (χ0v) is 19.8. The molecule has 1 N–H and O–H groups in total. The van der Waals surface area contributed by atoms with E-state index in [-0.39, 0.29) is 21.3 Å². The van der Waals surface area contributed by atoms with Crippen LogP contribution in [0.5, 0.6) is 5.75 Å². The Hall–Kier alpha value is -3.98. The molecule has 1 fully saturated rings. The number of rotatable bonds is 5. The van der Waals surface area contributed by atoms with E-state index in [9.17, 15) is 19.5 Å². The number of ketones is 1. The van der Waals surface area contributed by atoms with Crippen LogP contribution in [0.3, 0.4) is 0 Å². The van der Waals surface area contributed by atoms with Gasteiger partial charge in [-0.05, 0) is 31.5 Å². The number of aliphatic hydroxyl groups excluding tert-OH is 1.